The largest absolute Gasteiger partial charge is 0.390 e. The number of halogens is 5. The normalized spacial score (nSPS) is 18.4. The molecule has 1 aliphatic heterocycles. The van der Waals surface area contributed by atoms with Crippen molar-refractivity contribution >= 4 is 34.9 Å². The van der Waals surface area contributed by atoms with Crippen molar-refractivity contribution in [2.24, 2.45) is 11.8 Å². The quantitative estimate of drug-likeness (QED) is 0.252. The molecule has 4 aromatic rings. The first-order chi connectivity index (χ1) is 21.1. The van der Waals surface area contributed by atoms with Crippen LogP contribution in [0.4, 0.5) is 29.1 Å². The monoisotopic (exact) mass is 629 g/mol. The minimum Gasteiger partial charge on any atom is -0.390 e. The molecular formula is C29H24ClF4N7O3. The van der Waals surface area contributed by atoms with Crippen molar-refractivity contribution in [3.63, 3.8) is 0 Å². The van der Waals surface area contributed by atoms with E-state index in [0.717, 1.165) is 31.2 Å². The SMILES string of the molecule is CC(c1cnc(N2C[C@H]3CC[C@H]3C2=O)c(F)c1)n1cc(NC(=O)c2nc(-c3c(C(F)F)ccc(Cl)c3F)cnc2CO)cn1. The van der Waals surface area contributed by atoms with Crippen molar-refractivity contribution < 1.29 is 32.3 Å². The Labute approximate surface area is 252 Å². The molecule has 3 atom stereocenters. The first-order valence-corrected chi connectivity index (χ1v) is 14.0. The highest BCUT2D eigenvalue weighted by Crippen LogP contribution is 2.43. The van der Waals surface area contributed by atoms with Gasteiger partial charge in [-0.2, -0.15) is 5.10 Å². The molecule has 2 aliphatic rings. The van der Waals surface area contributed by atoms with Crippen LogP contribution in [0.15, 0.2) is 43.0 Å². The van der Waals surface area contributed by atoms with E-state index in [1.165, 1.54) is 34.2 Å². The number of carbonyl (C=O) groups is 2. The molecule has 2 amide bonds. The average molecular weight is 630 g/mol. The van der Waals surface area contributed by atoms with Crippen molar-refractivity contribution in [1.29, 1.82) is 0 Å². The molecular weight excluding hydrogens is 606 g/mol. The molecule has 0 spiro atoms. The summed E-state index contributed by atoms with van der Waals surface area (Å²) in [5, 5.41) is 16.1. The zero-order valence-electron chi connectivity index (χ0n) is 23.0. The van der Waals surface area contributed by atoms with Crippen LogP contribution in [0.3, 0.4) is 0 Å². The van der Waals surface area contributed by atoms with E-state index >= 15 is 4.39 Å². The summed E-state index contributed by atoms with van der Waals surface area (Å²) < 4.78 is 58.6. The van der Waals surface area contributed by atoms with Crippen LogP contribution in [0.25, 0.3) is 11.3 Å². The maximum absolute atomic E-state index is 15.1. The summed E-state index contributed by atoms with van der Waals surface area (Å²) in [5.74, 6) is -2.58. The molecule has 1 aliphatic carbocycles. The topological polar surface area (TPSA) is 126 Å². The van der Waals surface area contributed by atoms with Gasteiger partial charge in [-0.05, 0) is 43.4 Å². The molecule has 44 heavy (non-hydrogen) atoms. The second-order valence-corrected chi connectivity index (χ2v) is 11.0. The maximum atomic E-state index is 15.1. The number of pyridine rings is 1. The van der Waals surface area contributed by atoms with Crippen LogP contribution in [0, 0.1) is 23.5 Å². The number of carbonyl (C=O) groups excluding carboxylic acids is 2. The fourth-order valence-electron chi connectivity index (χ4n) is 5.50. The van der Waals surface area contributed by atoms with Crippen molar-refractivity contribution in [2.75, 3.05) is 16.8 Å². The van der Waals surface area contributed by atoms with Crippen LogP contribution in [0.5, 0.6) is 0 Å². The van der Waals surface area contributed by atoms with Gasteiger partial charge in [-0.1, -0.05) is 17.7 Å². The standard InChI is InChI=1S/C29H24ClF4N7O3/c1-13(15-6-20(31)27(36-7-15)40-10-14-2-3-17(14)29(40)44)41-11-16(8-37-41)38-28(43)25-22(12-42)35-9-21(39-25)23-18(26(33)34)4-5-19(30)24(23)32/h4-9,11,13-14,17,26,42H,2-3,10,12H2,1H3,(H,38,43)/t13?,14-,17-/m1/s1. The number of alkyl halides is 2. The Morgan fingerprint density at radius 2 is 1.98 bits per heavy atom. The number of aliphatic hydroxyl groups is 1. The molecule has 1 saturated carbocycles. The van der Waals surface area contributed by atoms with Gasteiger partial charge < -0.3 is 10.4 Å². The Morgan fingerprint density at radius 3 is 2.61 bits per heavy atom. The molecule has 1 unspecified atom stereocenters. The summed E-state index contributed by atoms with van der Waals surface area (Å²) in [6.07, 6.45) is 3.89. The summed E-state index contributed by atoms with van der Waals surface area (Å²) in [4.78, 5) is 39.3. The van der Waals surface area contributed by atoms with E-state index in [0.29, 0.717) is 12.1 Å². The fraction of sp³-hybridized carbons (Fsp3) is 0.310. The molecule has 10 nitrogen and oxygen atoms in total. The van der Waals surface area contributed by atoms with Crippen LogP contribution < -0.4 is 10.2 Å². The zero-order chi connectivity index (χ0) is 31.3. The summed E-state index contributed by atoms with van der Waals surface area (Å²) in [7, 11) is 0. The van der Waals surface area contributed by atoms with Gasteiger partial charge in [-0.25, -0.2) is 27.5 Å². The van der Waals surface area contributed by atoms with Gasteiger partial charge in [0, 0.05) is 36.0 Å². The van der Waals surface area contributed by atoms with Crippen molar-refractivity contribution in [3.8, 4) is 11.3 Å². The van der Waals surface area contributed by atoms with E-state index in [4.69, 9.17) is 11.6 Å². The number of nitrogens with zero attached hydrogens (tertiary/aromatic N) is 6. The van der Waals surface area contributed by atoms with Crippen LogP contribution in [-0.4, -0.2) is 48.2 Å². The van der Waals surface area contributed by atoms with Crippen molar-refractivity contribution in [2.45, 2.75) is 38.8 Å². The second-order valence-electron chi connectivity index (χ2n) is 10.6. The molecule has 0 radical (unpaired) electrons. The summed E-state index contributed by atoms with van der Waals surface area (Å²) in [6.45, 7) is 1.47. The van der Waals surface area contributed by atoms with E-state index in [1.54, 1.807) is 6.92 Å². The summed E-state index contributed by atoms with van der Waals surface area (Å²) in [5.41, 5.74) is -1.67. The van der Waals surface area contributed by atoms with Gasteiger partial charge in [0.25, 0.3) is 12.3 Å². The molecule has 1 aromatic carbocycles. The maximum Gasteiger partial charge on any atom is 0.276 e. The highest BCUT2D eigenvalue weighted by Gasteiger charge is 2.47. The van der Waals surface area contributed by atoms with Gasteiger partial charge in [0.1, 0.15) is 0 Å². The Hall–Kier alpha value is -4.43. The zero-order valence-corrected chi connectivity index (χ0v) is 23.8. The van der Waals surface area contributed by atoms with Gasteiger partial charge in [0.15, 0.2) is 23.1 Å². The number of fused-ring (bicyclic) bond motifs is 1. The molecule has 3 aromatic heterocycles. The van der Waals surface area contributed by atoms with E-state index in [9.17, 15) is 27.9 Å². The highest BCUT2D eigenvalue weighted by atomic mass is 35.5. The molecule has 228 valence electrons. The predicted molar refractivity (Wildman–Crippen MR) is 150 cm³/mol. The molecule has 2 fully saturated rings. The number of anilines is 2. The van der Waals surface area contributed by atoms with Gasteiger partial charge >= 0.3 is 0 Å². The number of rotatable bonds is 8. The van der Waals surface area contributed by atoms with E-state index < -0.39 is 58.5 Å². The van der Waals surface area contributed by atoms with Crippen molar-refractivity contribution in [3.05, 3.63) is 82.2 Å². The van der Waals surface area contributed by atoms with E-state index in [2.05, 4.69) is 25.4 Å². The van der Waals surface area contributed by atoms with Crippen LogP contribution in [-0.2, 0) is 11.4 Å². The number of benzene rings is 1. The van der Waals surface area contributed by atoms with Crippen LogP contribution >= 0.6 is 11.6 Å². The Kier molecular flexibility index (Phi) is 7.80. The molecule has 1 saturated heterocycles. The number of nitrogens with one attached hydrogen (secondary N) is 1. The fourth-order valence-corrected chi connectivity index (χ4v) is 5.66. The lowest BCUT2D eigenvalue weighted by atomic mass is 9.76. The Balaban J connectivity index is 1.22. The first-order valence-electron chi connectivity index (χ1n) is 13.6. The predicted octanol–water partition coefficient (Wildman–Crippen LogP) is 5.33. The second kappa shape index (κ2) is 11.6. The number of hydrogen-bond donors (Lipinski definition) is 2. The lowest BCUT2D eigenvalue weighted by Crippen LogP contribution is -2.29. The lowest BCUT2D eigenvalue weighted by molar-refractivity contribution is -0.123. The molecule has 2 N–H and O–H groups in total. The van der Waals surface area contributed by atoms with Gasteiger partial charge in [0.2, 0.25) is 5.91 Å². The minimum atomic E-state index is -3.07. The molecule has 0 bridgehead atoms. The van der Waals surface area contributed by atoms with E-state index in [1.807, 2.05) is 0 Å². The van der Waals surface area contributed by atoms with Gasteiger partial charge in [-0.3, -0.25) is 24.2 Å². The highest BCUT2D eigenvalue weighted by molar-refractivity contribution is 6.31. The Morgan fingerprint density at radius 1 is 1.18 bits per heavy atom. The smallest absolute Gasteiger partial charge is 0.276 e. The third kappa shape index (κ3) is 5.17. The third-order valence-electron chi connectivity index (χ3n) is 8.09. The Bertz CT molecular complexity index is 1790. The third-order valence-corrected chi connectivity index (χ3v) is 8.38. The number of amides is 2. The van der Waals surface area contributed by atoms with Crippen LogP contribution in [0.2, 0.25) is 5.02 Å². The molecule has 15 heteroatoms. The summed E-state index contributed by atoms with van der Waals surface area (Å²) >= 11 is 5.81. The van der Waals surface area contributed by atoms with Crippen LogP contribution in [0.1, 0.15) is 59.5 Å². The number of aromatic nitrogens is 5. The number of aliphatic hydroxyl groups excluding tert-OH is 1. The number of hydrogen-bond acceptors (Lipinski definition) is 7. The summed E-state index contributed by atoms with van der Waals surface area (Å²) in [6, 6.07) is 2.70. The average Bonchev–Trinajstić information content (AvgIpc) is 3.54. The molecule has 4 heterocycles. The van der Waals surface area contributed by atoms with Gasteiger partial charge in [-0.15, -0.1) is 0 Å². The van der Waals surface area contributed by atoms with Crippen molar-refractivity contribution in [1.82, 2.24) is 24.7 Å². The van der Waals surface area contributed by atoms with Gasteiger partial charge in [0.05, 0.1) is 47.1 Å². The first kappa shape index (κ1) is 29.6. The minimum absolute atomic E-state index is 0.00452. The lowest BCUT2D eigenvalue weighted by Gasteiger charge is -2.25. The van der Waals surface area contributed by atoms with E-state index in [-0.39, 0.29) is 40.6 Å². The molecule has 6 rings (SSSR count).